The van der Waals surface area contributed by atoms with Gasteiger partial charge < -0.3 is 18.9 Å². The Morgan fingerprint density at radius 1 is 0.974 bits per heavy atom. The highest BCUT2D eigenvalue weighted by atomic mass is 79.9. The van der Waals surface area contributed by atoms with Gasteiger partial charge in [0.05, 0.1) is 17.5 Å². The van der Waals surface area contributed by atoms with Crippen LogP contribution in [0.4, 0.5) is 0 Å². The van der Waals surface area contributed by atoms with E-state index in [4.69, 9.17) is 18.9 Å². The molecule has 2 aliphatic heterocycles. The van der Waals surface area contributed by atoms with Crippen LogP contribution in [-0.4, -0.2) is 53.3 Å². The summed E-state index contributed by atoms with van der Waals surface area (Å²) in [7, 11) is 0. The van der Waals surface area contributed by atoms with Crippen molar-refractivity contribution < 1.29 is 33.3 Å². The van der Waals surface area contributed by atoms with Crippen molar-refractivity contribution in [2.45, 2.75) is 115 Å². The van der Waals surface area contributed by atoms with Crippen molar-refractivity contribution in [3.63, 3.8) is 0 Å². The molecular formula is C31H45BrO7. The topological polar surface area (TPSA) is 88.1 Å². The number of carbonyl (C=O) groups excluding carboxylic acids is 3. The third-order valence-corrected chi connectivity index (χ3v) is 13.4. The van der Waals surface area contributed by atoms with Crippen LogP contribution in [0.1, 0.15) is 86.5 Å². The van der Waals surface area contributed by atoms with E-state index in [1.807, 2.05) is 0 Å². The third kappa shape index (κ3) is 4.04. The number of hydrogen-bond acceptors (Lipinski definition) is 7. The van der Waals surface area contributed by atoms with E-state index in [2.05, 4.69) is 43.6 Å². The van der Waals surface area contributed by atoms with Crippen molar-refractivity contribution in [1.29, 1.82) is 0 Å². The average molecular weight is 610 g/mol. The summed E-state index contributed by atoms with van der Waals surface area (Å²) in [5.41, 5.74) is -0.563. The second-order valence-corrected chi connectivity index (χ2v) is 15.5. The van der Waals surface area contributed by atoms with Crippen LogP contribution in [0.15, 0.2) is 0 Å². The molecule has 6 fully saturated rings. The molecule has 7 nitrogen and oxygen atoms in total. The Labute approximate surface area is 240 Å². The monoisotopic (exact) mass is 608 g/mol. The Kier molecular flexibility index (Phi) is 6.87. The SMILES string of the molecule is CC(=O)O[C@H]1C[C@@]2(C)[C@@H](CC[C@H]3[C@H]2CC(=O)[C@]2(C)[C@@H]4[C@@H](C)[C@@]5(OC[C@@H](C)C[C@@H]5Br)O[C@@H]4C[C@H]32)C[C@H]1OC(C)=O. The van der Waals surface area contributed by atoms with E-state index in [9.17, 15) is 14.4 Å². The molecule has 218 valence electrons. The predicted octanol–water partition coefficient (Wildman–Crippen LogP) is 5.46. The van der Waals surface area contributed by atoms with E-state index in [1.165, 1.54) is 13.8 Å². The summed E-state index contributed by atoms with van der Waals surface area (Å²) in [6, 6.07) is 0. The average Bonchev–Trinajstić information content (AvgIpc) is 3.29. The summed E-state index contributed by atoms with van der Waals surface area (Å²) < 4.78 is 24.8. The summed E-state index contributed by atoms with van der Waals surface area (Å²) in [6.07, 6.45) is 5.07. The molecule has 0 aromatic rings. The third-order valence-electron chi connectivity index (χ3n) is 12.4. The van der Waals surface area contributed by atoms with Crippen molar-refractivity contribution in [1.82, 2.24) is 0 Å². The first kappa shape index (κ1) is 28.1. The summed E-state index contributed by atoms with van der Waals surface area (Å²) in [5.74, 6) is 1.08. The lowest BCUT2D eigenvalue weighted by Gasteiger charge is -2.61. The number of hydrogen-bond donors (Lipinski definition) is 0. The number of fused-ring (bicyclic) bond motifs is 7. The van der Waals surface area contributed by atoms with Gasteiger partial charge >= 0.3 is 11.9 Å². The standard InChI is InChI=1S/C31H45BrO7/c1-15-9-26(32)31(36-14-15)16(2)28-24(39-31)11-22-20-8-7-19-10-23(37-17(3)33)25(38-18(4)34)13-29(19,5)21(20)12-27(35)30(22,28)6/h15-16,19-26,28H,7-14H2,1-6H3/t15-,16+,19-,20-,21+,22+,23+,24+,25-,26-,28+,29-,30+,31+/m0/s1. The lowest BCUT2D eigenvalue weighted by atomic mass is 9.43. The van der Waals surface area contributed by atoms with E-state index in [1.54, 1.807) is 0 Å². The molecule has 2 saturated heterocycles. The molecule has 1 spiro atoms. The zero-order chi connectivity index (χ0) is 28.1. The van der Waals surface area contributed by atoms with Crippen molar-refractivity contribution >= 4 is 33.7 Å². The van der Waals surface area contributed by atoms with Gasteiger partial charge in [0.15, 0.2) is 5.79 Å². The Bertz CT molecular complexity index is 1050. The summed E-state index contributed by atoms with van der Waals surface area (Å²) in [5, 5.41) is 0. The van der Waals surface area contributed by atoms with Crippen LogP contribution in [0.5, 0.6) is 0 Å². The van der Waals surface area contributed by atoms with Gasteiger partial charge in [-0.15, -0.1) is 0 Å². The molecule has 0 aromatic carbocycles. The maximum absolute atomic E-state index is 14.4. The molecule has 4 saturated carbocycles. The Morgan fingerprint density at radius 2 is 1.67 bits per heavy atom. The highest BCUT2D eigenvalue weighted by Gasteiger charge is 2.73. The van der Waals surface area contributed by atoms with Crippen LogP contribution < -0.4 is 0 Å². The van der Waals surface area contributed by atoms with Crippen LogP contribution in [0, 0.1) is 52.3 Å². The second-order valence-electron chi connectivity index (χ2n) is 14.3. The number of halogens is 1. The van der Waals surface area contributed by atoms with Gasteiger partial charge in [0.25, 0.3) is 0 Å². The predicted molar refractivity (Wildman–Crippen MR) is 147 cm³/mol. The Balaban J connectivity index is 1.28. The fourth-order valence-corrected chi connectivity index (χ4v) is 12.0. The first-order valence-electron chi connectivity index (χ1n) is 15.1. The van der Waals surface area contributed by atoms with E-state index >= 15 is 0 Å². The largest absolute Gasteiger partial charge is 0.459 e. The molecule has 0 bridgehead atoms. The number of Topliss-reactive ketones (excluding diaryl/α,β-unsaturated/α-hetero) is 1. The second kappa shape index (κ2) is 9.52. The molecule has 2 heterocycles. The van der Waals surface area contributed by atoms with Crippen molar-refractivity contribution in [2.24, 2.45) is 52.3 Å². The summed E-state index contributed by atoms with van der Waals surface area (Å²) in [6.45, 7) is 12.5. The Hall–Kier alpha value is -0.990. The number of esters is 2. The van der Waals surface area contributed by atoms with Crippen LogP contribution in [0.25, 0.3) is 0 Å². The van der Waals surface area contributed by atoms with E-state index in [-0.39, 0.29) is 52.0 Å². The molecule has 0 aromatic heterocycles. The Morgan fingerprint density at radius 3 is 2.33 bits per heavy atom. The summed E-state index contributed by atoms with van der Waals surface area (Å²) >= 11 is 3.92. The number of ether oxygens (including phenoxy) is 4. The first-order chi connectivity index (χ1) is 18.3. The van der Waals surface area contributed by atoms with Gasteiger partial charge in [-0.25, -0.2) is 0 Å². The van der Waals surface area contributed by atoms with Crippen LogP contribution in [0.3, 0.4) is 0 Å². The molecule has 14 atom stereocenters. The van der Waals surface area contributed by atoms with Crippen molar-refractivity contribution in [2.75, 3.05) is 6.61 Å². The van der Waals surface area contributed by atoms with E-state index in [0.717, 1.165) is 25.7 Å². The fourth-order valence-electron chi connectivity index (χ4n) is 10.7. The van der Waals surface area contributed by atoms with E-state index in [0.29, 0.717) is 49.4 Å². The molecule has 4 aliphatic carbocycles. The minimum absolute atomic E-state index is 0.0326. The summed E-state index contributed by atoms with van der Waals surface area (Å²) in [4.78, 5) is 38.4. The molecule has 0 amide bonds. The maximum Gasteiger partial charge on any atom is 0.303 e. The molecular weight excluding hydrogens is 564 g/mol. The molecule has 39 heavy (non-hydrogen) atoms. The van der Waals surface area contributed by atoms with E-state index < -0.39 is 23.4 Å². The molecule has 6 rings (SSSR count). The van der Waals surface area contributed by atoms with Crippen LogP contribution in [-0.2, 0) is 33.3 Å². The molecule has 0 radical (unpaired) electrons. The van der Waals surface area contributed by atoms with Gasteiger partial charge in [-0.1, -0.05) is 43.6 Å². The zero-order valence-electron chi connectivity index (χ0n) is 24.2. The highest BCUT2D eigenvalue weighted by molar-refractivity contribution is 9.09. The zero-order valence-corrected chi connectivity index (χ0v) is 25.8. The van der Waals surface area contributed by atoms with Gasteiger partial charge in [0, 0.05) is 37.5 Å². The fraction of sp³-hybridized carbons (Fsp3) is 0.903. The number of carbonyl (C=O) groups is 3. The molecule has 0 N–H and O–H groups in total. The minimum Gasteiger partial charge on any atom is -0.459 e. The van der Waals surface area contributed by atoms with Gasteiger partial charge in [-0.3, -0.25) is 14.4 Å². The maximum atomic E-state index is 14.4. The number of alkyl halides is 1. The van der Waals surface area contributed by atoms with Crippen molar-refractivity contribution in [3.8, 4) is 0 Å². The quantitative estimate of drug-likeness (QED) is 0.304. The minimum atomic E-state index is -0.650. The molecule has 8 heteroatoms. The van der Waals surface area contributed by atoms with Crippen molar-refractivity contribution in [3.05, 3.63) is 0 Å². The lowest BCUT2D eigenvalue weighted by Crippen LogP contribution is -2.61. The van der Waals surface area contributed by atoms with Gasteiger partial charge in [-0.2, -0.15) is 0 Å². The number of rotatable bonds is 2. The van der Waals surface area contributed by atoms with Gasteiger partial charge in [0.1, 0.15) is 18.0 Å². The van der Waals surface area contributed by atoms with Gasteiger partial charge in [-0.05, 0) is 73.5 Å². The normalized spacial score (nSPS) is 54.3. The molecule has 0 unspecified atom stereocenters. The first-order valence-corrected chi connectivity index (χ1v) is 16.1. The van der Waals surface area contributed by atoms with Gasteiger partial charge in [0.2, 0.25) is 0 Å². The van der Waals surface area contributed by atoms with Crippen LogP contribution >= 0.6 is 15.9 Å². The number of ketones is 1. The molecule has 6 aliphatic rings. The lowest BCUT2D eigenvalue weighted by molar-refractivity contribution is -0.267. The van der Waals surface area contributed by atoms with Crippen LogP contribution in [0.2, 0.25) is 0 Å². The smallest absolute Gasteiger partial charge is 0.303 e. The highest BCUT2D eigenvalue weighted by Crippen LogP contribution is 2.70.